The van der Waals surface area contributed by atoms with E-state index in [0.717, 1.165) is 4.40 Å². The lowest BCUT2D eigenvalue weighted by Gasteiger charge is -2.07. The van der Waals surface area contributed by atoms with Crippen molar-refractivity contribution in [2.45, 2.75) is 20.0 Å². The maximum Gasteiger partial charge on any atom is 0.433 e. The number of imidazole rings is 1. The monoisotopic (exact) mass is 264 g/mol. The van der Waals surface area contributed by atoms with E-state index in [0.29, 0.717) is 22.7 Å². The lowest BCUT2D eigenvalue weighted by atomic mass is 10.3. The third-order valence-corrected chi connectivity index (χ3v) is 3.44. The average Bonchev–Trinajstić information content (AvgIpc) is 2.65. The molecule has 2 rings (SSSR count). The topological polar surface area (TPSA) is 54.6 Å². The highest BCUT2D eigenvalue weighted by Gasteiger charge is 2.41. The summed E-state index contributed by atoms with van der Waals surface area (Å²) in [6.45, 7) is 3.05. The zero-order valence-corrected chi connectivity index (χ0v) is 9.61. The average molecular weight is 264 g/mol. The molecule has 0 bridgehead atoms. The van der Waals surface area contributed by atoms with Crippen LogP contribution in [0.4, 0.5) is 13.2 Å². The summed E-state index contributed by atoms with van der Waals surface area (Å²) in [5, 5.41) is 8.78. The van der Waals surface area contributed by atoms with Gasteiger partial charge in [0, 0.05) is 5.69 Å². The van der Waals surface area contributed by atoms with Gasteiger partial charge in [0.25, 0.3) is 0 Å². The van der Waals surface area contributed by atoms with E-state index in [9.17, 15) is 18.0 Å². The van der Waals surface area contributed by atoms with Gasteiger partial charge in [0.15, 0.2) is 10.7 Å². The van der Waals surface area contributed by atoms with Gasteiger partial charge >= 0.3 is 12.1 Å². The highest BCUT2D eigenvalue weighted by atomic mass is 32.1. The number of carboxylic acids is 1. The standard InChI is InChI=1S/C9H7F3N2O2S/c1-3-4(2)14-6(9(10,11)12)5(7(15)16)17-8(14)13-3/h1-2H3,(H,15,16). The van der Waals surface area contributed by atoms with Crippen molar-refractivity contribution in [1.29, 1.82) is 0 Å². The molecule has 0 radical (unpaired) electrons. The molecule has 17 heavy (non-hydrogen) atoms. The quantitative estimate of drug-likeness (QED) is 0.861. The number of carboxylic acid groups (broad SMARTS) is 1. The Hall–Kier alpha value is -1.57. The first kappa shape index (κ1) is 11.9. The molecule has 0 aliphatic carbocycles. The molecule has 0 aliphatic rings. The maximum absolute atomic E-state index is 12.9. The predicted octanol–water partition coefficient (Wildman–Crippen LogP) is 2.73. The zero-order chi connectivity index (χ0) is 13.0. The number of carbonyl (C=O) groups is 1. The van der Waals surface area contributed by atoms with Crippen LogP contribution in [-0.2, 0) is 6.18 Å². The highest BCUT2D eigenvalue weighted by Crippen LogP contribution is 2.37. The van der Waals surface area contributed by atoms with Crippen molar-refractivity contribution in [3.63, 3.8) is 0 Å². The first-order valence-corrected chi connectivity index (χ1v) is 5.34. The highest BCUT2D eigenvalue weighted by molar-refractivity contribution is 7.19. The summed E-state index contributed by atoms with van der Waals surface area (Å²) in [5.41, 5.74) is -0.405. The second-order valence-corrected chi connectivity index (χ2v) is 4.46. The smallest absolute Gasteiger partial charge is 0.433 e. The molecule has 0 aromatic carbocycles. The number of hydrogen-bond donors (Lipinski definition) is 1. The number of thiazole rings is 1. The van der Waals surface area contributed by atoms with E-state index in [4.69, 9.17) is 5.11 Å². The first-order valence-electron chi connectivity index (χ1n) is 4.52. The molecular formula is C9H7F3N2O2S. The third kappa shape index (κ3) is 1.68. The first-order chi connectivity index (χ1) is 7.73. The van der Waals surface area contributed by atoms with Gasteiger partial charge in [-0.2, -0.15) is 13.2 Å². The number of fused-ring (bicyclic) bond motifs is 1. The molecule has 0 atom stereocenters. The van der Waals surface area contributed by atoms with Crippen LogP contribution in [0.5, 0.6) is 0 Å². The number of aromatic nitrogens is 2. The van der Waals surface area contributed by atoms with Crippen molar-refractivity contribution in [3.05, 3.63) is 22.0 Å². The fraction of sp³-hybridized carbons (Fsp3) is 0.333. The molecule has 2 heterocycles. The molecule has 92 valence electrons. The van der Waals surface area contributed by atoms with Crippen LogP contribution in [-0.4, -0.2) is 20.5 Å². The van der Waals surface area contributed by atoms with Crippen LogP contribution in [0.2, 0.25) is 0 Å². The van der Waals surface area contributed by atoms with Gasteiger partial charge in [-0.1, -0.05) is 11.3 Å². The van der Waals surface area contributed by atoms with Crippen LogP contribution in [0.15, 0.2) is 0 Å². The number of hydrogen-bond acceptors (Lipinski definition) is 3. The van der Waals surface area contributed by atoms with E-state index in [1.54, 1.807) is 6.92 Å². The minimum Gasteiger partial charge on any atom is -0.477 e. The van der Waals surface area contributed by atoms with Crippen LogP contribution in [0.1, 0.15) is 26.8 Å². The fourth-order valence-corrected chi connectivity index (χ4v) is 2.63. The Labute approximate surface area is 97.3 Å². The fourth-order valence-electron chi connectivity index (χ4n) is 1.55. The van der Waals surface area contributed by atoms with Crippen LogP contribution >= 0.6 is 11.3 Å². The summed E-state index contributed by atoms with van der Waals surface area (Å²) in [7, 11) is 0. The van der Waals surface area contributed by atoms with Crippen LogP contribution in [0.25, 0.3) is 4.96 Å². The van der Waals surface area contributed by atoms with Gasteiger partial charge in [0.2, 0.25) is 0 Å². The van der Waals surface area contributed by atoms with Gasteiger partial charge in [-0.15, -0.1) is 0 Å². The molecule has 2 aromatic rings. The number of halogens is 3. The Balaban J connectivity index is 2.91. The SMILES string of the molecule is Cc1nc2sc(C(=O)O)c(C(F)(F)F)n2c1C. The van der Waals surface area contributed by atoms with Crippen molar-refractivity contribution < 1.29 is 23.1 Å². The number of aromatic carboxylic acids is 1. The molecule has 0 unspecified atom stereocenters. The Morgan fingerprint density at radius 2 is 2.00 bits per heavy atom. The van der Waals surface area contributed by atoms with Crippen molar-refractivity contribution in [3.8, 4) is 0 Å². The minimum atomic E-state index is -4.72. The summed E-state index contributed by atoms with van der Waals surface area (Å²) in [4.78, 5) is 14.0. The van der Waals surface area contributed by atoms with Crippen molar-refractivity contribution in [2.24, 2.45) is 0 Å². The lowest BCUT2D eigenvalue weighted by molar-refractivity contribution is -0.142. The van der Waals surface area contributed by atoms with Crippen LogP contribution in [0.3, 0.4) is 0 Å². The summed E-state index contributed by atoms with van der Waals surface area (Å²) in [6, 6.07) is 0. The van der Waals surface area contributed by atoms with Gasteiger partial charge in [-0.3, -0.25) is 4.40 Å². The Bertz CT molecular complexity index is 612. The van der Waals surface area contributed by atoms with E-state index >= 15 is 0 Å². The van der Waals surface area contributed by atoms with Gasteiger partial charge in [-0.05, 0) is 13.8 Å². The Kier molecular flexibility index (Phi) is 2.42. The summed E-state index contributed by atoms with van der Waals surface area (Å²) >= 11 is 0.526. The van der Waals surface area contributed by atoms with E-state index in [1.165, 1.54) is 6.92 Å². The summed E-state index contributed by atoms with van der Waals surface area (Å²) in [6.07, 6.45) is -4.72. The van der Waals surface area contributed by atoms with Crippen molar-refractivity contribution >= 4 is 22.3 Å². The molecule has 0 saturated carbocycles. The summed E-state index contributed by atoms with van der Waals surface area (Å²) in [5.74, 6) is -1.59. The number of nitrogens with zero attached hydrogens (tertiary/aromatic N) is 2. The van der Waals surface area contributed by atoms with E-state index < -0.39 is 22.7 Å². The number of rotatable bonds is 1. The van der Waals surface area contributed by atoms with Crippen LogP contribution < -0.4 is 0 Å². The Morgan fingerprint density at radius 1 is 1.41 bits per heavy atom. The van der Waals surface area contributed by atoms with Gasteiger partial charge in [0.05, 0.1) is 5.69 Å². The molecule has 0 spiro atoms. The molecule has 4 nitrogen and oxygen atoms in total. The molecule has 2 aromatic heterocycles. The molecule has 0 saturated heterocycles. The molecule has 0 aliphatic heterocycles. The zero-order valence-electron chi connectivity index (χ0n) is 8.79. The van der Waals surface area contributed by atoms with Gasteiger partial charge in [-0.25, -0.2) is 9.78 Å². The third-order valence-electron chi connectivity index (χ3n) is 2.41. The second-order valence-electron chi connectivity index (χ2n) is 3.48. The van der Waals surface area contributed by atoms with Crippen molar-refractivity contribution in [2.75, 3.05) is 0 Å². The molecular weight excluding hydrogens is 257 g/mol. The normalized spacial score (nSPS) is 12.3. The largest absolute Gasteiger partial charge is 0.477 e. The summed E-state index contributed by atoms with van der Waals surface area (Å²) < 4.78 is 39.4. The molecule has 8 heteroatoms. The number of aryl methyl sites for hydroxylation is 2. The van der Waals surface area contributed by atoms with E-state index in [2.05, 4.69) is 4.98 Å². The van der Waals surface area contributed by atoms with E-state index in [1.807, 2.05) is 0 Å². The van der Waals surface area contributed by atoms with Gasteiger partial charge in [0.1, 0.15) is 4.88 Å². The molecule has 1 N–H and O–H groups in total. The molecule has 0 amide bonds. The van der Waals surface area contributed by atoms with E-state index in [-0.39, 0.29) is 4.96 Å². The van der Waals surface area contributed by atoms with Crippen LogP contribution in [0, 0.1) is 13.8 Å². The maximum atomic E-state index is 12.9. The van der Waals surface area contributed by atoms with Gasteiger partial charge < -0.3 is 5.11 Å². The lowest BCUT2D eigenvalue weighted by Crippen LogP contribution is -2.14. The minimum absolute atomic E-state index is 0.0460. The second kappa shape index (κ2) is 3.46. The predicted molar refractivity (Wildman–Crippen MR) is 54.5 cm³/mol. The number of alkyl halides is 3. The van der Waals surface area contributed by atoms with Crippen molar-refractivity contribution in [1.82, 2.24) is 9.38 Å². The molecule has 0 fully saturated rings. The Morgan fingerprint density at radius 3 is 2.47 bits per heavy atom.